The maximum Gasteiger partial charge on any atom is 0.0858 e. The first-order valence-electron chi connectivity index (χ1n) is 5.07. The number of H-pyrrole nitrogens is 1. The van der Waals surface area contributed by atoms with E-state index in [-0.39, 0.29) is 0 Å². The van der Waals surface area contributed by atoms with Gasteiger partial charge in [-0.05, 0) is 25.2 Å². The molecule has 2 rings (SSSR count). The van der Waals surface area contributed by atoms with Crippen LogP contribution in [0.5, 0.6) is 0 Å². The number of hydrogen-bond donors (Lipinski definition) is 2. The summed E-state index contributed by atoms with van der Waals surface area (Å²) >= 11 is 0. The van der Waals surface area contributed by atoms with Crippen molar-refractivity contribution in [3.8, 4) is 0 Å². The maximum absolute atomic E-state index is 4.35. The summed E-state index contributed by atoms with van der Waals surface area (Å²) in [6.45, 7) is 5.55. The van der Waals surface area contributed by atoms with Gasteiger partial charge in [-0.3, -0.25) is 5.10 Å². The van der Waals surface area contributed by atoms with Crippen LogP contribution in [0.4, 0.5) is 5.69 Å². The molecule has 0 amide bonds. The normalized spacial score (nSPS) is 15.6. The van der Waals surface area contributed by atoms with E-state index >= 15 is 0 Å². The number of anilines is 1. The van der Waals surface area contributed by atoms with Crippen molar-refractivity contribution < 1.29 is 0 Å². The average molecular weight is 179 g/mol. The number of nitrogens with zero attached hydrogens (tertiary/aromatic N) is 1. The van der Waals surface area contributed by atoms with Gasteiger partial charge in [-0.2, -0.15) is 5.10 Å². The molecule has 0 spiro atoms. The van der Waals surface area contributed by atoms with E-state index in [0.29, 0.717) is 5.92 Å². The van der Waals surface area contributed by atoms with Crippen LogP contribution < -0.4 is 5.32 Å². The quantitative estimate of drug-likeness (QED) is 0.728. The second-order valence-electron chi connectivity index (χ2n) is 4.15. The monoisotopic (exact) mass is 179 g/mol. The first-order valence-corrected chi connectivity index (χ1v) is 5.07. The summed E-state index contributed by atoms with van der Waals surface area (Å²) in [7, 11) is 0. The number of fused-ring (bicyclic) bond motifs is 1. The predicted octanol–water partition coefficient (Wildman–Crippen LogP) is 1.97. The van der Waals surface area contributed by atoms with Crippen molar-refractivity contribution in [1.29, 1.82) is 0 Å². The van der Waals surface area contributed by atoms with E-state index in [0.717, 1.165) is 19.4 Å². The number of aromatic nitrogens is 2. The molecule has 1 aliphatic heterocycles. The Morgan fingerprint density at radius 3 is 3.08 bits per heavy atom. The molecule has 1 aromatic rings. The first-order chi connectivity index (χ1) is 6.27. The van der Waals surface area contributed by atoms with E-state index < -0.39 is 0 Å². The van der Waals surface area contributed by atoms with Gasteiger partial charge in [-0.1, -0.05) is 13.8 Å². The van der Waals surface area contributed by atoms with Gasteiger partial charge in [-0.15, -0.1) is 0 Å². The third-order valence-electron chi connectivity index (χ3n) is 2.42. The lowest BCUT2D eigenvalue weighted by Crippen LogP contribution is -2.12. The summed E-state index contributed by atoms with van der Waals surface area (Å²) < 4.78 is 0. The zero-order valence-corrected chi connectivity index (χ0v) is 8.35. The van der Waals surface area contributed by atoms with Crippen LogP contribution in [0.1, 0.15) is 31.7 Å². The Morgan fingerprint density at radius 2 is 2.31 bits per heavy atom. The molecule has 0 aromatic carbocycles. The molecule has 2 heterocycles. The Labute approximate surface area is 78.9 Å². The summed E-state index contributed by atoms with van der Waals surface area (Å²) in [5.74, 6) is 0.677. The van der Waals surface area contributed by atoms with Crippen molar-refractivity contribution in [3.63, 3.8) is 0 Å². The molecular formula is C10H17N3. The highest BCUT2D eigenvalue weighted by Crippen LogP contribution is 2.25. The highest BCUT2D eigenvalue weighted by atomic mass is 15.2. The molecular weight excluding hydrogens is 162 g/mol. The second-order valence-corrected chi connectivity index (χ2v) is 4.15. The molecule has 0 bridgehead atoms. The van der Waals surface area contributed by atoms with Crippen LogP contribution >= 0.6 is 0 Å². The summed E-state index contributed by atoms with van der Waals surface area (Å²) in [6, 6.07) is 0. The van der Waals surface area contributed by atoms with Gasteiger partial charge in [0.1, 0.15) is 0 Å². The lowest BCUT2D eigenvalue weighted by Gasteiger charge is -2.14. The van der Waals surface area contributed by atoms with Gasteiger partial charge < -0.3 is 5.32 Å². The van der Waals surface area contributed by atoms with Crippen molar-refractivity contribution in [1.82, 2.24) is 10.2 Å². The van der Waals surface area contributed by atoms with Gasteiger partial charge >= 0.3 is 0 Å². The maximum atomic E-state index is 4.35. The molecule has 1 aliphatic rings. The van der Waals surface area contributed by atoms with Gasteiger partial charge in [0, 0.05) is 6.54 Å². The van der Waals surface area contributed by atoms with Crippen molar-refractivity contribution in [2.75, 3.05) is 11.9 Å². The summed E-state index contributed by atoms with van der Waals surface area (Å²) in [4.78, 5) is 0. The van der Waals surface area contributed by atoms with Crippen LogP contribution in [-0.2, 0) is 12.8 Å². The SMILES string of the molecule is CC(C)Cc1n[nH]c2c1NCCC2. The molecule has 3 heteroatoms. The van der Waals surface area contributed by atoms with E-state index in [1.54, 1.807) is 0 Å². The first kappa shape index (κ1) is 8.60. The van der Waals surface area contributed by atoms with E-state index in [1.807, 2.05) is 0 Å². The predicted molar refractivity (Wildman–Crippen MR) is 53.9 cm³/mol. The second kappa shape index (κ2) is 3.40. The molecule has 2 N–H and O–H groups in total. The fourth-order valence-corrected chi connectivity index (χ4v) is 1.82. The molecule has 1 aromatic heterocycles. The molecule has 72 valence electrons. The molecule has 0 fully saturated rings. The van der Waals surface area contributed by atoms with Crippen LogP contribution in [0, 0.1) is 5.92 Å². The standard InChI is InChI=1S/C10H17N3/c1-7(2)6-9-10-8(12-13-9)4-3-5-11-10/h7,11H,3-6H2,1-2H3,(H,12,13). The molecule has 0 saturated heterocycles. The molecule has 0 aliphatic carbocycles. The summed E-state index contributed by atoms with van der Waals surface area (Å²) in [6.07, 6.45) is 3.43. The Balaban J connectivity index is 2.21. The van der Waals surface area contributed by atoms with Crippen molar-refractivity contribution in [2.45, 2.75) is 33.1 Å². The summed E-state index contributed by atoms with van der Waals surface area (Å²) in [5, 5.41) is 10.9. The third-order valence-corrected chi connectivity index (χ3v) is 2.42. The van der Waals surface area contributed by atoms with E-state index in [2.05, 4.69) is 29.4 Å². The zero-order valence-electron chi connectivity index (χ0n) is 8.35. The van der Waals surface area contributed by atoms with Gasteiger partial charge in [0.25, 0.3) is 0 Å². The zero-order chi connectivity index (χ0) is 9.26. The topological polar surface area (TPSA) is 40.7 Å². The number of aryl methyl sites for hydroxylation is 1. The summed E-state index contributed by atoms with van der Waals surface area (Å²) in [5.41, 5.74) is 3.78. The van der Waals surface area contributed by atoms with E-state index in [4.69, 9.17) is 0 Å². The minimum absolute atomic E-state index is 0.677. The minimum Gasteiger partial charge on any atom is -0.382 e. The molecule has 0 unspecified atom stereocenters. The smallest absolute Gasteiger partial charge is 0.0858 e. The van der Waals surface area contributed by atoms with Crippen molar-refractivity contribution in [3.05, 3.63) is 11.4 Å². The Bertz CT molecular complexity index is 288. The van der Waals surface area contributed by atoms with Crippen LogP contribution in [0.15, 0.2) is 0 Å². The largest absolute Gasteiger partial charge is 0.382 e. The van der Waals surface area contributed by atoms with Crippen molar-refractivity contribution >= 4 is 5.69 Å². The number of nitrogens with one attached hydrogen (secondary N) is 2. The van der Waals surface area contributed by atoms with Gasteiger partial charge in [0.2, 0.25) is 0 Å². The highest BCUT2D eigenvalue weighted by Gasteiger charge is 2.16. The Morgan fingerprint density at radius 1 is 1.46 bits per heavy atom. The molecule has 13 heavy (non-hydrogen) atoms. The van der Waals surface area contributed by atoms with Gasteiger partial charge in [0.15, 0.2) is 0 Å². The van der Waals surface area contributed by atoms with Crippen molar-refractivity contribution in [2.24, 2.45) is 5.92 Å². The average Bonchev–Trinajstić information content (AvgIpc) is 2.48. The Hall–Kier alpha value is -0.990. The molecule has 3 nitrogen and oxygen atoms in total. The lowest BCUT2D eigenvalue weighted by molar-refractivity contribution is 0.634. The third kappa shape index (κ3) is 1.69. The van der Waals surface area contributed by atoms with E-state index in [9.17, 15) is 0 Å². The van der Waals surface area contributed by atoms with Crippen LogP contribution in [0.25, 0.3) is 0 Å². The lowest BCUT2D eigenvalue weighted by atomic mass is 10.0. The van der Waals surface area contributed by atoms with Crippen LogP contribution in [0.3, 0.4) is 0 Å². The minimum atomic E-state index is 0.677. The van der Waals surface area contributed by atoms with Gasteiger partial charge in [-0.25, -0.2) is 0 Å². The highest BCUT2D eigenvalue weighted by molar-refractivity contribution is 5.54. The van der Waals surface area contributed by atoms with Gasteiger partial charge in [0.05, 0.1) is 17.1 Å². The van der Waals surface area contributed by atoms with E-state index in [1.165, 1.54) is 23.5 Å². The number of hydrogen-bond acceptors (Lipinski definition) is 2. The number of aromatic amines is 1. The van der Waals surface area contributed by atoms with Crippen LogP contribution in [-0.4, -0.2) is 16.7 Å². The van der Waals surface area contributed by atoms with Crippen LogP contribution in [0.2, 0.25) is 0 Å². The fourth-order valence-electron chi connectivity index (χ4n) is 1.82. The molecule has 0 saturated carbocycles. The molecule has 0 radical (unpaired) electrons. The fraction of sp³-hybridized carbons (Fsp3) is 0.700. The Kier molecular flexibility index (Phi) is 2.25. The number of rotatable bonds is 2. The molecule has 0 atom stereocenters.